The molecule has 1 atom stereocenters. The van der Waals surface area contributed by atoms with Crippen LogP contribution in [0.5, 0.6) is 0 Å². The zero-order valence-corrected chi connectivity index (χ0v) is 19.5. The van der Waals surface area contributed by atoms with Gasteiger partial charge in [0, 0.05) is 63.4 Å². The van der Waals surface area contributed by atoms with E-state index < -0.39 is 5.54 Å². The first-order chi connectivity index (χ1) is 16.9. The van der Waals surface area contributed by atoms with E-state index in [-0.39, 0.29) is 18.5 Å². The molecule has 0 bridgehead atoms. The number of aryl methyl sites for hydroxylation is 1. The number of hydrogen-bond acceptors (Lipinski definition) is 11. The Morgan fingerprint density at radius 2 is 1.97 bits per heavy atom. The largest absolute Gasteiger partial charge is 0.394 e. The average molecular weight is 481 g/mol. The molecule has 0 aliphatic carbocycles. The van der Waals surface area contributed by atoms with Crippen LogP contribution in [0.2, 0.25) is 0 Å². The van der Waals surface area contributed by atoms with Gasteiger partial charge >= 0.3 is 0 Å². The fraction of sp³-hybridized carbons (Fsp3) is 0.455. The molecule has 2 saturated heterocycles. The molecule has 5 rings (SSSR count). The summed E-state index contributed by atoms with van der Waals surface area (Å²) >= 11 is 0. The lowest BCUT2D eigenvalue weighted by atomic mass is 10.00. The van der Waals surface area contributed by atoms with Crippen LogP contribution in [0.4, 0.5) is 17.7 Å². The molecule has 2 aliphatic rings. The highest BCUT2D eigenvalue weighted by Gasteiger charge is 2.40. The Morgan fingerprint density at radius 1 is 1.20 bits per heavy atom. The highest BCUT2D eigenvalue weighted by Crippen LogP contribution is 2.29. The minimum absolute atomic E-state index is 0.119. The number of nitrogens with zero attached hydrogens (tertiary/aromatic N) is 8. The molecule has 2 aliphatic heterocycles. The summed E-state index contributed by atoms with van der Waals surface area (Å²) in [7, 11) is 1.77. The number of aromatic nitrogens is 6. The van der Waals surface area contributed by atoms with Gasteiger partial charge in [-0.2, -0.15) is 10.1 Å². The molecule has 0 unspecified atom stereocenters. The van der Waals surface area contributed by atoms with Crippen LogP contribution in [0, 0.1) is 0 Å². The van der Waals surface area contributed by atoms with Crippen molar-refractivity contribution in [1.82, 2.24) is 34.6 Å². The van der Waals surface area contributed by atoms with E-state index in [2.05, 4.69) is 25.3 Å². The summed E-state index contributed by atoms with van der Waals surface area (Å²) in [6.45, 7) is 3.18. The third-order valence-electron chi connectivity index (χ3n) is 6.26. The first-order valence-electron chi connectivity index (χ1n) is 11.4. The van der Waals surface area contributed by atoms with E-state index in [1.807, 2.05) is 0 Å². The molecule has 0 radical (unpaired) electrons. The number of nitrogens with one attached hydrogen (secondary N) is 1. The molecule has 13 nitrogen and oxygen atoms in total. The van der Waals surface area contributed by atoms with E-state index in [0.29, 0.717) is 74.4 Å². The SMILES string of the molecule is Cn1cc(C(=O)N2CC[C@](CO)(Nc3cc(-c4cnc(N)nc4)nc(N4CCOCC4)n3)C2)cn1. The van der Waals surface area contributed by atoms with Gasteiger partial charge in [0.15, 0.2) is 0 Å². The van der Waals surface area contributed by atoms with Gasteiger partial charge in [0.05, 0.1) is 42.8 Å². The van der Waals surface area contributed by atoms with E-state index in [0.717, 1.165) is 0 Å². The normalized spacial score (nSPS) is 20.3. The fourth-order valence-electron chi connectivity index (χ4n) is 4.32. The number of aliphatic hydroxyl groups excluding tert-OH is 1. The molecule has 4 N–H and O–H groups in total. The Hall–Kier alpha value is -3.84. The Morgan fingerprint density at radius 3 is 2.66 bits per heavy atom. The second kappa shape index (κ2) is 9.43. The van der Waals surface area contributed by atoms with Gasteiger partial charge < -0.3 is 30.7 Å². The van der Waals surface area contributed by atoms with Crippen molar-refractivity contribution < 1.29 is 14.6 Å². The Labute approximate surface area is 202 Å². The highest BCUT2D eigenvalue weighted by molar-refractivity contribution is 5.94. The smallest absolute Gasteiger partial charge is 0.257 e. The first kappa shape index (κ1) is 22.9. The first-order valence-corrected chi connectivity index (χ1v) is 11.4. The van der Waals surface area contributed by atoms with E-state index in [1.54, 1.807) is 47.5 Å². The number of aliphatic hydroxyl groups is 1. The van der Waals surface area contributed by atoms with Crippen LogP contribution in [0.1, 0.15) is 16.8 Å². The number of likely N-dealkylation sites (tertiary alicyclic amines) is 1. The maximum Gasteiger partial charge on any atom is 0.257 e. The molecule has 0 aromatic carbocycles. The zero-order chi connectivity index (χ0) is 24.4. The van der Waals surface area contributed by atoms with Gasteiger partial charge in [-0.1, -0.05) is 0 Å². The van der Waals surface area contributed by atoms with Crippen molar-refractivity contribution in [3.05, 3.63) is 36.4 Å². The molecular formula is C22H28N10O3. The second-order valence-electron chi connectivity index (χ2n) is 8.81. The number of rotatable bonds is 6. The fourth-order valence-corrected chi connectivity index (χ4v) is 4.32. The molecule has 1 amide bonds. The average Bonchev–Trinajstić information content (AvgIpc) is 3.51. The van der Waals surface area contributed by atoms with Gasteiger partial charge in [0.25, 0.3) is 5.91 Å². The lowest BCUT2D eigenvalue weighted by Gasteiger charge is -2.31. The number of hydrogen-bond donors (Lipinski definition) is 3. The molecule has 3 aromatic heterocycles. The van der Waals surface area contributed by atoms with Crippen molar-refractivity contribution in [2.24, 2.45) is 7.05 Å². The topological polar surface area (TPSA) is 160 Å². The van der Waals surface area contributed by atoms with Gasteiger partial charge in [-0.3, -0.25) is 9.48 Å². The number of ether oxygens (including phenoxy) is 1. The van der Waals surface area contributed by atoms with E-state index >= 15 is 0 Å². The van der Waals surface area contributed by atoms with Crippen LogP contribution in [0.3, 0.4) is 0 Å². The lowest BCUT2D eigenvalue weighted by molar-refractivity contribution is 0.0778. The quantitative estimate of drug-likeness (QED) is 0.428. The molecule has 0 spiro atoms. The van der Waals surface area contributed by atoms with Gasteiger partial charge in [0.2, 0.25) is 11.9 Å². The van der Waals surface area contributed by atoms with Crippen molar-refractivity contribution in [3.8, 4) is 11.3 Å². The third kappa shape index (κ3) is 4.86. The van der Waals surface area contributed by atoms with Crippen molar-refractivity contribution in [1.29, 1.82) is 0 Å². The van der Waals surface area contributed by atoms with E-state index in [9.17, 15) is 9.90 Å². The molecule has 2 fully saturated rings. The predicted octanol–water partition coefficient (Wildman–Crippen LogP) is -0.225. The summed E-state index contributed by atoms with van der Waals surface area (Å²) in [5, 5.41) is 17.9. The number of nitrogens with two attached hydrogens (primary N) is 1. The number of nitrogen functional groups attached to an aromatic ring is 1. The third-order valence-corrected chi connectivity index (χ3v) is 6.26. The van der Waals surface area contributed by atoms with Crippen LogP contribution in [0.15, 0.2) is 30.9 Å². The number of morpholine rings is 1. The van der Waals surface area contributed by atoms with Gasteiger partial charge in [0.1, 0.15) is 5.82 Å². The highest BCUT2D eigenvalue weighted by atomic mass is 16.5. The number of amides is 1. The molecule has 184 valence electrons. The minimum Gasteiger partial charge on any atom is -0.394 e. The van der Waals surface area contributed by atoms with Gasteiger partial charge in [-0.05, 0) is 6.42 Å². The molecule has 13 heteroatoms. The Balaban J connectivity index is 1.43. The summed E-state index contributed by atoms with van der Waals surface area (Å²) in [5.74, 6) is 1.14. The molecule has 35 heavy (non-hydrogen) atoms. The van der Waals surface area contributed by atoms with Crippen LogP contribution < -0.4 is 16.0 Å². The summed E-state index contributed by atoms with van der Waals surface area (Å²) in [6, 6.07) is 1.79. The Kier molecular flexibility index (Phi) is 6.17. The number of carbonyl (C=O) groups is 1. The van der Waals surface area contributed by atoms with Crippen molar-refractivity contribution in [3.63, 3.8) is 0 Å². The summed E-state index contributed by atoms with van der Waals surface area (Å²) < 4.78 is 7.06. The minimum atomic E-state index is -0.747. The Bertz CT molecular complexity index is 1190. The summed E-state index contributed by atoms with van der Waals surface area (Å²) in [4.78, 5) is 34.3. The van der Waals surface area contributed by atoms with E-state index in [4.69, 9.17) is 20.4 Å². The molecule has 0 saturated carbocycles. The lowest BCUT2D eigenvalue weighted by Crippen LogP contribution is -2.46. The monoisotopic (exact) mass is 480 g/mol. The maximum absolute atomic E-state index is 12.9. The summed E-state index contributed by atoms with van der Waals surface area (Å²) in [6.07, 6.45) is 7.03. The van der Waals surface area contributed by atoms with Gasteiger partial charge in [-0.15, -0.1) is 0 Å². The van der Waals surface area contributed by atoms with Crippen LogP contribution in [0.25, 0.3) is 11.3 Å². The second-order valence-corrected chi connectivity index (χ2v) is 8.81. The standard InChI is InChI=1S/C22H28N10O3/c1-30-12-16(11-26-30)19(34)32-3-2-22(13-32,14-33)29-18-8-17(15-9-24-20(23)25-10-15)27-21(28-18)31-4-6-35-7-5-31/h8-12,33H,2-7,13-14H2,1H3,(H2,23,24,25)(H,27,28,29)/t22-/m0/s1. The predicted molar refractivity (Wildman–Crippen MR) is 128 cm³/mol. The number of anilines is 3. The number of carbonyl (C=O) groups excluding carboxylic acids is 1. The summed E-state index contributed by atoms with van der Waals surface area (Å²) in [5.41, 5.74) is 6.74. The zero-order valence-electron chi connectivity index (χ0n) is 19.5. The van der Waals surface area contributed by atoms with Crippen molar-refractivity contribution >= 4 is 23.6 Å². The van der Waals surface area contributed by atoms with Crippen LogP contribution in [-0.4, -0.2) is 97.2 Å². The van der Waals surface area contributed by atoms with Crippen LogP contribution >= 0.6 is 0 Å². The molecule has 5 heterocycles. The molecular weight excluding hydrogens is 452 g/mol. The van der Waals surface area contributed by atoms with E-state index in [1.165, 1.54) is 0 Å². The van der Waals surface area contributed by atoms with Crippen LogP contribution in [-0.2, 0) is 11.8 Å². The van der Waals surface area contributed by atoms with Gasteiger partial charge in [-0.25, -0.2) is 15.0 Å². The molecule has 3 aromatic rings. The van der Waals surface area contributed by atoms with Crippen molar-refractivity contribution in [2.75, 3.05) is 62.0 Å². The maximum atomic E-state index is 12.9. The van der Waals surface area contributed by atoms with Crippen molar-refractivity contribution in [2.45, 2.75) is 12.0 Å².